The monoisotopic (exact) mass is 205 g/mol. The number of aliphatic imine (C=N–C) groups is 1. The van der Waals surface area contributed by atoms with E-state index in [1.807, 2.05) is 12.4 Å². The van der Waals surface area contributed by atoms with Crippen molar-refractivity contribution in [3.63, 3.8) is 0 Å². The number of ether oxygens (including phenoxy) is 1. The van der Waals surface area contributed by atoms with Crippen molar-refractivity contribution < 1.29 is 4.74 Å². The Hall–Kier alpha value is -1.05. The van der Waals surface area contributed by atoms with E-state index in [9.17, 15) is 0 Å². The molecule has 0 saturated carbocycles. The third-order valence-corrected chi connectivity index (χ3v) is 2.96. The van der Waals surface area contributed by atoms with Gasteiger partial charge in [0.25, 0.3) is 0 Å². The zero-order valence-corrected chi connectivity index (χ0v) is 9.36. The van der Waals surface area contributed by atoms with Gasteiger partial charge in [-0.25, -0.2) is 0 Å². The maximum atomic E-state index is 5.78. The molecule has 1 unspecified atom stereocenters. The SMILES string of the molecule is C[C@H]1C=CC2CCCCC/C=N\C=C/2O1. The molecule has 2 nitrogen and oxygen atoms in total. The third kappa shape index (κ3) is 2.95. The molecule has 2 heterocycles. The highest BCUT2D eigenvalue weighted by Crippen LogP contribution is 2.27. The van der Waals surface area contributed by atoms with Crippen LogP contribution in [0.3, 0.4) is 0 Å². The van der Waals surface area contributed by atoms with Crippen molar-refractivity contribution in [1.29, 1.82) is 0 Å². The van der Waals surface area contributed by atoms with Crippen molar-refractivity contribution in [3.05, 3.63) is 24.1 Å². The molecule has 0 amide bonds. The molecule has 0 aromatic heterocycles. The molecule has 2 rings (SSSR count). The van der Waals surface area contributed by atoms with Gasteiger partial charge in [-0.1, -0.05) is 18.9 Å². The third-order valence-electron chi connectivity index (χ3n) is 2.96. The molecule has 0 spiro atoms. The first kappa shape index (κ1) is 10.5. The maximum Gasteiger partial charge on any atom is 0.122 e. The minimum Gasteiger partial charge on any atom is -0.489 e. The minimum atomic E-state index is 0.200. The molecule has 0 aliphatic carbocycles. The molecule has 2 aliphatic heterocycles. The molecular formula is C13H19NO. The molecular weight excluding hydrogens is 186 g/mol. The van der Waals surface area contributed by atoms with Crippen molar-refractivity contribution >= 4 is 6.21 Å². The first-order valence-corrected chi connectivity index (χ1v) is 5.93. The van der Waals surface area contributed by atoms with Crippen molar-refractivity contribution in [3.8, 4) is 0 Å². The fourth-order valence-corrected chi connectivity index (χ4v) is 2.07. The summed E-state index contributed by atoms with van der Waals surface area (Å²) in [6, 6.07) is 0. The van der Waals surface area contributed by atoms with Crippen LogP contribution in [0.25, 0.3) is 0 Å². The average molecular weight is 205 g/mol. The fourth-order valence-electron chi connectivity index (χ4n) is 2.07. The van der Waals surface area contributed by atoms with E-state index < -0.39 is 0 Å². The summed E-state index contributed by atoms with van der Waals surface area (Å²) in [7, 11) is 0. The summed E-state index contributed by atoms with van der Waals surface area (Å²) in [5.41, 5.74) is 0. The summed E-state index contributed by atoms with van der Waals surface area (Å²) >= 11 is 0. The Morgan fingerprint density at radius 3 is 3.13 bits per heavy atom. The van der Waals surface area contributed by atoms with Gasteiger partial charge in [-0.2, -0.15) is 0 Å². The van der Waals surface area contributed by atoms with E-state index in [0.29, 0.717) is 5.92 Å². The number of rotatable bonds is 0. The number of fused-ring (bicyclic) bond motifs is 1. The van der Waals surface area contributed by atoms with Gasteiger partial charge in [0.15, 0.2) is 0 Å². The standard InChI is InChI=1S/C13H19NO/c1-11-7-8-12-6-4-2-3-5-9-14-10-13(12)15-11/h7-12H,2-6H2,1H3/b13-10+,14-9-/t11-,12?/m0/s1. The lowest BCUT2D eigenvalue weighted by atomic mass is 9.96. The van der Waals surface area contributed by atoms with Crippen molar-refractivity contribution in [1.82, 2.24) is 0 Å². The molecule has 0 aromatic rings. The highest BCUT2D eigenvalue weighted by Gasteiger charge is 2.19. The van der Waals surface area contributed by atoms with Crippen LogP contribution in [-0.2, 0) is 4.74 Å². The second kappa shape index (κ2) is 5.15. The Labute approximate surface area is 91.7 Å². The first-order valence-electron chi connectivity index (χ1n) is 5.93. The van der Waals surface area contributed by atoms with Crippen LogP contribution in [0.2, 0.25) is 0 Å². The van der Waals surface area contributed by atoms with E-state index >= 15 is 0 Å². The molecule has 0 N–H and O–H groups in total. The Morgan fingerprint density at radius 1 is 1.27 bits per heavy atom. The Kier molecular flexibility index (Phi) is 3.59. The van der Waals surface area contributed by atoms with Crippen LogP contribution in [-0.4, -0.2) is 12.3 Å². The molecule has 82 valence electrons. The van der Waals surface area contributed by atoms with E-state index in [-0.39, 0.29) is 6.10 Å². The number of hydrogen-bond donors (Lipinski definition) is 0. The summed E-state index contributed by atoms with van der Waals surface area (Å²) in [4.78, 5) is 4.31. The van der Waals surface area contributed by atoms with Gasteiger partial charge in [0.1, 0.15) is 11.9 Å². The molecule has 0 radical (unpaired) electrons. The molecule has 2 aliphatic rings. The van der Waals surface area contributed by atoms with Gasteiger partial charge < -0.3 is 4.74 Å². The highest BCUT2D eigenvalue weighted by molar-refractivity contribution is 5.58. The molecule has 0 saturated heterocycles. The van der Waals surface area contributed by atoms with Crippen LogP contribution < -0.4 is 0 Å². The largest absolute Gasteiger partial charge is 0.489 e. The Balaban J connectivity index is 2.13. The van der Waals surface area contributed by atoms with E-state index in [4.69, 9.17) is 4.74 Å². The lowest BCUT2D eigenvalue weighted by molar-refractivity contribution is 0.133. The summed E-state index contributed by atoms with van der Waals surface area (Å²) in [5, 5.41) is 0. The predicted molar refractivity (Wildman–Crippen MR) is 62.8 cm³/mol. The van der Waals surface area contributed by atoms with Crippen molar-refractivity contribution in [2.24, 2.45) is 10.9 Å². The number of hydrogen-bond acceptors (Lipinski definition) is 2. The topological polar surface area (TPSA) is 21.6 Å². The van der Waals surface area contributed by atoms with Gasteiger partial charge in [-0.05, 0) is 32.3 Å². The lowest BCUT2D eigenvalue weighted by Crippen LogP contribution is -2.16. The van der Waals surface area contributed by atoms with Crippen LogP contribution in [0.15, 0.2) is 29.1 Å². The summed E-state index contributed by atoms with van der Waals surface area (Å²) in [5.74, 6) is 1.50. The minimum absolute atomic E-state index is 0.200. The number of allylic oxidation sites excluding steroid dienone is 1. The molecule has 2 heteroatoms. The fraction of sp³-hybridized carbons (Fsp3) is 0.615. The zero-order valence-electron chi connectivity index (χ0n) is 9.36. The van der Waals surface area contributed by atoms with Gasteiger partial charge in [0.2, 0.25) is 0 Å². The molecule has 0 bridgehead atoms. The summed E-state index contributed by atoms with van der Waals surface area (Å²) in [6.45, 7) is 2.07. The summed E-state index contributed by atoms with van der Waals surface area (Å²) < 4.78 is 5.78. The van der Waals surface area contributed by atoms with Crippen LogP contribution in [0.1, 0.15) is 39.0 Å². The van der Waals surface area contributed by atoms with Gasteiger partial charge in [0.05, 0.1) is 6.20 Å². The highest BCUT2D eigenvalue weighted by atomic mass is 16.5. The first-order chi connectivity index (χ1) is 7.36. The predicted octanol–water partition coefficient (Wildman–Crippen LogP) is 3.45. The second-order valence-electron chi connectivity index (χ2n) is 4.32. The van der Waals surface area contributed by atoms with Crippen molar-refractivity contribution in [2.75, 3.05) is 0 Å². The Bertz CT molecular complexity index is 291. The van der Waals surface area contributed by atoms with Gasteiger partial charge in [0, 0.05) is 12.1 Å². The van der Waals surface area contributed by atoms with E-state index in [2.05, 4.69) is 24.1 Å². The normalized spacial score (nSPS) is 37.0. The molecule has 0 aromatic carbocycles. The van der Waals surface area contributed by atoms with Crippen LogP contribution in [0, 0.1) is 5.92 Å². The van der Waals surface area contributed by atoms with E-state index in [0.717, 1.165) is 12.2 Å². The summed E-state index contributed by atoms with van der Waals surface area (Å²) in [6.07, 6.45) is 14.7. The number of nitrogens with zero attached hydrogens (tertiary/aromatic N) is 1. The van der Waals surface area contributed by atoms with Crippen LogP contribution >= 0.6 is 0 Å². The van der Waals surface area contributed by atoms with Crippen LogP contribution in [0.4, 0.5) is 0 Å². The zero-order chi connectivity index (χ0) is 10.5. The van der Waals surface area contributed by atoms with Gasteiger partial charge in [-0.3, -0.25) is 4.99 Å². The van der Waals surface area contributed by atoms with E-state index in [1.54, 1.807) is 0 Å². The lowest BCUT2D eigenvalue weighted by Gasteiger charge is -2.25. The molecule has 2 atom stereocenters. The average Bonchev–Trinajstić information content (AvgIpc) is 2.25. The van der Waals surface area contributed by atoms with Gasteiger partial charge >= 0.3 is 0 Å². The Morgan fingerprint density at radius 2 is 2.20 bits per heavy atom. The van der Waals surface area contributed by atoms with Crippen LogP contribution in [0.5, 0.6) is 0 Å². The van der Waals surface area contributed by atoms with Crippen molar-refractivity contribution in [2.45, 2.75) is 45.1 Å². The molecule has 0 fully saturated rings. The smallest absolute Gasteiger partial charge is 0.122 e. The molecule has 15 heavy (non-hydrogen) atoms. The maximum absolute atomic E-state index is 5.78. The second-order valence-corrected chi connectivity index (χ2v) is 4.32. The van der Waals surface area contributed by atoms with Gasteiger partial charge in [-0.15, -0.1) is 0 Å². The van der Waals surface area contributed by atoms with E-state index in [1.165, 1.54) is 25.7 Å². The quantitative estimate of drug-likeness (QED) is 0.555.